The molecule has 0 aliphatic carbocycles. The summed E-state index contributed by atoms with van der Waals surface area (Å²) < 4.78 is 29.7. The zero-order valence-electron chi connectivity index (χ0n) is 13.0. The van der Waals surface area contributed by atoms with E-state index < -0.39 is 10.0 Å². The molecular weight excluding hydrogens is 328 g/mol. The van der Waals surface area contributed by atoms with Gasteiger partial charge in [-0.15, -0.1) is 11.3 Å². The fourth-order valence-electron chi connectivity index (χ4n) is 2.56. The van der Waals surface area contributed by atoms with Crippen molar-refractivity contribution in [3.8, 4) is 0 Å². The van der Waals surface area contributed by atoms with Crippen LogP contribution in [0, 0.1) is 0 Å². The van der Waals surface area contributed by atoms with E-state index in [-0.39, 0.29) is 0 Å². The van der Waals surface area contributed by atoms with Gasteiger partial charge >= 0.3 is 0 Å². The minimum Gasteiger partial charge on any atom is -0.347 e. The molecule has 6 heteroatoms. The maximum atomic E-state index is 12.2. The highest BCUT2D eigenvalue weighted by atomic mass is 32.2. The summed E-state index contributed by atoms with van der Waals surface area (Å²) in [5.41, 5.74) is 1.18. The molecule has 3 rings (SSSR count). The molecule has 0 amide bonds. The van der Waals surface area contributed by atoms with Crippen LogP contribution in [-0.4, -0.2) is 19.5 Å². The van der Waals surface area contributed by atoms with Gasteiger partial charge in [-0.1, -0.05) is 25.1 Å². The van der Waals surface area contributed by atoms with Crippen LogP contribution in [0.15, 0.2) is 52.9 Å². The lowest BCUT2D eigenvalue weighted by atomic mass is 10.2. The van der Waals surface area contributed by atoms with E-state index in [1.54, 1.807) is 6.07 Å². The van der Waals surface area contributed by atoms with Gasteiger partial charge in [-0.05, 0) is 42.5 Å². The SMILES string of the molecule is CCc1ccc(S(=O)(=O)NCCCn2ccc3ccccc32)s1. The van der Waals surface area contributed by atoms with Gasteiger partial charge in [0.25, 0.3) is 0 Å². The zero-order valence-corrected chi connectivity index (χ0v) is 14.7. The van der Waals surface area contributed by atoms with Crippen LogP contribution in [0.3, 0.4) is 0 Å². The van der Waals surface area contributed by atoms with Crippen LogP contribution in [0.4, 0.5) is 0 Å². The number of aryl methyl sites for hydroxylation is 2. The van der Waals surface area contributed by atoms with E-state index in [0.717, 1.165) is 24.3 Å². The highest BCUT2D eigenvalue weighted by molar-refractivity contribution is 7.91. The first-order valence-electron chi connectivity index (χ1n) is 7.72. The third-order valence-electron chi connectivity index (χ3n) is 3.80. The van der Waals surface area contributed by atoms with Crippen LogP contribution < -0.4 is 4.72 Å². The second-order valence-electron chi connectivity index (χ2n) is 5.39. The van der Waals surface area contributed by atoms with Crippen molar-refractivity contribution in [1.82, 2.24) is 9.29 Å². The minimum atomic E-state index is -3.37. The largest absolute Gasteiger partial charge is 0.347 e. The Hall–Kier alpha value is -1.63. The summed E-state index contributed by atoms with van der Waals surface area (Å²) in [4.78, 5) is 1.09. The lowest BCUT2D eigenvalue weighted by Gasteiger charge is -2.07. The van der Waals surface area contributed by atoms with Crippen LogP contribution in [0.25, 0.3) is 10.9 Å². The molecule has 0 fully saturated rings. The van der Waals surface area contributed by atoms with Gasteiger partial charge in [0.15, 0.2) is 0 Å². The standard InChI is InChI=1S/C17H20N2O2S2/c1-2-15-8-9-17(22-15)23(20,21)18-11-5-12-19-13-10-14-6-3-4-7-16(14)19/h3-4,6-10,13,18H,2,5,11-12H2,1H3. The first kappa shape index (κ1) is 16.2. The van der Waals surface area contributed by atoms with Crippen LogP contribution in [0.2, 0.25) is 0 Å². The van der Waals surface area contributed by atoms with Crippen LogP contribution in [0.5, 0.6) is 0 Å². The Morgan fingerprint density at radius 2 is 1.96 bits per heavy atom. The third-order valence-corrected chi connectivity index (χ3v) is 6.98. The monoisotopic (exact) mass is 348 g/mol. The number of thiophene rings is 1. The maximum absolute atomic E-state index is 12.2. The Morgan fingerprint density at radius 3 is 2.74 bits per heavy atom. The van der Waals surface area contributed by atoms with Crippen molar-refractivity contribution < 1.29 is 8.42 Å². The summed E-state index contributed by atoms with van der Waals surface area (Å²) in [6.07, 6.45) is 3.66. The van der Waals surface area contributed by atoms with E-state index in [1.165, 1.54) is 22.2 Å². The normalized spacial score (nSPS) is 12.0. The van der Waals surface area contributed by atoms with E-state index in [1.807, 2.05) is 31.3 Å². The van der Waals surface area contributed by atoms with Crippen molar-refractivity contribution in [1.29, 1.82) is 0 Å². The molecule has 3 aromatic rings. The lowest BCUT2D eigenvalue weighted by Crippen LogP contribution is -2.24. The number of benzene rings is 1. The molecule has 1 aromatic carbocycles. The van der Waals surface area contributed by atoms with Gasteiger partial charge in [-0.3, -0.25) is 0 Å². The van der Waals surface area contributed by atoms with Gasteiger partial charge in [-0.25, -0.2) is 13.1 Å². The third kappa shape index (κ3) is 3.65. The maximum Gasteiger partial charge on any atom is 0.250 e. The number of nitrogens with one attached hydrogen (secondary N) is 1. The van der Waals surface area contributed by atoms with Crippen LogP contribution in [-0.2, 0) is 23.0 Å². The molecule has 23 heavy (non-hydrogen) atoms. The molecule has 0 saturated heterocycles. The molecule has 0 unspecified atom stereocenters. The Labute approximate surface area is 140 Å². The first-order chi connectivity index (χ1) is 11.1. The van der Waals surface area contributed by atoms with Crippen molar-refractivity contribution in [2.75, 3.05) is 6.54 Å². The molecule has 2 aromatic heterocycles. The van der Waals surface area contributed by atoms with Gasteiger partial charge in [0, 0.05) is 29.7 Å². The second kappa shape index (κ2) is 6.86. The second-order valence-corrected chi connectivity index (χ2v) is 8.56. The molecule has 1 N–H and O–H groups in total. The Kier molecular flexibility index (Phi) is 4.84. The molecule has 0 spiro atoms. The molecule has 122 valence electrons. The predicted octanol–water partition coefficient (Wildman–Crippen LogP) is 3.63. The molecule has 0 radical (unpaired) electrons. The van der Waals surface area contributed by atoms with Crippen molar-refractivity contribution in [3.63, 3.8) is 0 Å². The molecule has 0 aliphatic heterocycles. The smallest absolute Gasteiger partial charge is 0.250 e. The molecule has 2 heterocycles. The van der Waals surface area contributed by atoms with Crippen LogP contribution in [0.1, 0.15) is 18.2 Å². The van der Waals surface area contributed by atoms with E-state index in [0.29, 0.717) is 10.8 Å². The number of sulfonamides is 1. The minimum absolute atomic E-state index is 0.403. The van der Waals surface area contributed by atoms with Gasteiger partial charge in [-0.2, -0.15) is 0 Å². The molecule has 0 aliphatic rings. The fraction of sp³-hybridized carbons (Fsp3) is 0.294. The van der Waals surface area contributed by atoms with Crippen molar-refractivity contribution >= 4 is 32.3 Å². The van der Waals surface area contributed by atoms with Crippen molar-refractivity contribution in [2.45, 2.75) is 30.5 Å². The number of hydrogen-bond acceptors (Lipinski definition) is 3. The fourth-order valence-corrected chi connectivity index (χ4v) is 4.97. The number of fused-ring (bicyclic) bond motifs is 1. The molecular formula is C17H20N2O2S2. The van der Waals surface area contributed by atoms with Gasteiger partial charge in [0.05, 0.1) is 0 Å². The van der Waals surface area contributed by atoms with E-state index in [9.17, 15) is 8.42 Å². The van der Waals surface area contributed by atoms with Crippen molar-refractivity contribution in [3.05, 3.63) is 53.5 Å². The molecule has 0 atom stereocenters. The highest BCUT2D eigenvalue weighted by Crippen LogP contribution is 2.21. The lowest BCUT2D eigenvalue weighted by molar-refractivity contribution is 0.574. The quantitative estimate of drug-likeness (QED) is 0.663. The van der Waals surface area contributed by atoms with Crippen LogP contribution >= 0.6 is 11.3 Å². The predicted molar refractivity (Wildman–Crippen MR) is 95.4 cm³/mol. The summed E-state index contributed by atoms with van der Waals surface area (Å²) in [5, 5.41) is 1.21. The molecule has 0 saturated carbocycles. The van der Waals surface area contributed by atoms with Gasteiger partial charge in [0.2, 0.25) is 10.0 Å². The van der Waals surface area contributed by atoms with E-state index in [2.05, 4.69) is 27.5 Å². The Morgan fingerprint density at radius 1 is 1.13 bits per heavy atom. The number of hydrogen-bond donors (Lipinski definition) is 1. The zero-order chi connectivity index (χ0) is 16.3. The molecule has 4 nitrogen and oxygen atoms in total. The highest BCUT2D eigenvalue weighted by Gasteiger charge is 2.15. The van der Waals surface area contributed by atoms with Crippen molar-refractivity contribution in [2.24, 2.45) is 0 Å². The summed E-state index contributed by atoms with van der Waals surface area (Å²) in [6, 6.07) is 13.8. The molecule has 0 bridgehead atoms. The topological polar surface area (TPSA) is 51.1 Å². The average Bonchev–Trinajstić information content (AvgIpc) is 3.19. The average molecular weight is 348 g/mol. The summed E-state index contributed by atoms with van der Waals surface area (Å²) in [5.74, 6) is 0. The first-order valence-corrected chi connectivity index (χ1v) is 10.0. The summed E-state index contributed by atoms with van der Waals surface area (Å²) in [6.45, 7) is 3.26. The number of nitrogens with zero attached hydrogens (tertiary/aromatic N) is 1. The summed E-state index contributed by atoms with van der Waals surface area (Å²) >= 11 is 1.34. The Bertz CT molecular complexity index is 894. The number of aromatic nitrogens is 1. The van der Waals surface area contributed by atoms with Gasteiger partial charge in [0.1, 0.15) is 4.21 Å². The number of rotatable bonds is 7. The number of para-hydroxylation sites is 1. The Balaban J connectivity index is 1.57. The van der Waals surface area contributed by atoms with E-state index in [4.69, 9.17) is 0 Å². The van der Waals surface area contributed by atoms with E-state index >= 15 is 0 Å². The summed E-state index contributed by atoms with van der Waals surface area (Å²) in [7, 11) is -3.37. The van der Waals surface area contributed by atoms with Gasteiger partial charge < -0.3 is 4.57 Å².